The molecule has 1 rings (SSSR count). The standard InChI is InChI=1S/C17H26N2O4/c1-2-19(11-6-12-20)17(23)18-15(9-10-16(21)22)13-14-7-4-3-5-8-14/h3-5,7-8,15,20H,2,6,9-13H2,1H3,(H,18,23)(H,21,22). The second kappa shape index (κ2) is 10.6. The van der Waals surface area contributed by atoms with Gasteiger partial charge in [0.1, 0.15) is 0 Å². The number of aliphatic carboxylic acids is 1. The number of nitrogens with zero attached hydrogens (tertiary/aromatic N) is 1. The third kappa shape index (κ3) is 7.65. The summed E-state index contributed by atoms with van der Waals surface area (Å²) in [6, 6.07) is 9.24. The summed E-state index contributed by atoms with van der Waals surface area (Å²) < 4.78 is 0. The lowest BCUT2D eigenvalue weighted by Crippen LogP contribution is -2.46. The third-order valence-corrected chi connectivity index (χ3v) is 3.61. The second-order valence-corrected chi connectivity index (χ2v) is 5.43. The van der Waals surface area contributed by atoms with Crippen LogP contribution in [0.3, 0.4) is 0 Å². The highest BCUT2D eigenvalue weighted by atomic mass is 16.4. The van der Waals surface area contributed by atoms with E-state index in [1.54, 1.807) is 4.90 Å². The van der Waals surface area contributed by atoms with Crippen molar-refractivity contribution in [1.82, 2.24) is 10.2 Å². The van der Waals surface area contributed by atoms with Gasteiger partial charge in [-0.15, -0.1) is 0 Å². The van der Waals surface area contributed by atoms with Gasteiger partial charge in [-0.25, -0.2) is 4.79 Å². The van der Waals surface area contributed by atoms with E-state index in [0.717, 1.165) is 5.56 Å². The van der Waals surface area contributed by atoms with Crippen molar-refractivity contribution in [3.8, 4) is 0 Å². The molecule has 0 aliphatic carbocycles. The molecule has 0 aromatic heterocycles. The van der Waals surface area contributed by atoms with Crippen molar-refractivity contribution in [2.45, 2.75) is 38.6 Å². The average molecular weight is 322 g/mol. The van der Waals surface area contributed by atoms with E-state index in [4.69, 9.17) is 10.2 Å². The number of carboxylic acid groups (broad SMARTS) is 1. The Hall–Kier alpha value is -2.08. The number of urea groups is 1. The van der Waals surface area contributed by atoms with Gasteiger partial charge in [-0.3, -0.25) is 4.79 Å². The van der Waals surface area contributed by atoms with Gasteiger partial charge in [0.15, 0.2) is 0 Å². The molecule has 3 N–H and O–H groups in total. The van der Waals surface area contributed by atoms with Crippen LogP contribution in [0.15, 0.2) is 30.3 Å². The van der Waals surface area contributed by atoms with Crippen molar-refractivity contribution in [3.05, 3.63) is 35.9 Å². The zero-order chi connectivity index (χ0) is 17.1. The summed E-state index contributed by atoms with van der Waals surface area (Å²) in [7, 11) is 0. The summed E-state index contributed by atoms with van der Waals surface area (Å²) in [5.74, 6) is -0.870. The maximum Gasteiger partial charge on any atom is 0.317 e. The summed E-state index contributed by atoms with van der Waals surface area (Å²) in [4.78, 5) is 24.8. The molecule has 1 aromatic rings. The quantitative estimate of drug-likeness (QED) is 0.613. The predicted molar refractivity (Wildman–Crippen MR) is 88.3 cm³/mol. The number of hydrogen-bond acceptors (Lipinski definition) is 3. The molecule has 0 heterocycles. The lowest BCUT2D eigenvalue weighted by Gasteiger charge is -2.25. The van der Waals surface area contributed by atoms with Crippen LogP contribution in [0.1, 0.15) is 31.7 Å². The largest absolute Gasteiger partial charge is 0.481 e. The Bertz CT molecular complexity index is 479. The summed E-state index contributed by atoms with van der Waals surface area (Å²) in [6.45, 7) is 2.94. The fourth-order valence-corrected chi connectivity index (χ4v) is 2.35. The van der Waals surface area contributed by atoms with E-state index in [-0.39, 0.29) is 25.1 Å². The molecular formula is C17H26N2O4. The Morgan fingerprint density at radius 2 is 1.96 bits per heavy atom. The van der Waals surface area contributed by atoms with Crippen molar-refractivity contribution in [2.24, 2.45) is 0 Å². The third-order valence-electron chi connectivity index (χ3n) is 3.61. The lowest BCUT2D eigenvalue weighted by molar-refractivity contribution is -0.137. The Kier molecular flexibility index (Phi) is 8.75. The molecule has 0 aliphatic heterocycles. The van der Waals surface area contributed by atoms with Gasteiger partial charge in [0, 0.05) is 32.2 Å². The van der Waals surface area contributed by atoms with E-state index in [1.165, 1.54) is 0 Å². The predicted octanol–water partition coefficient (Wildman–Crippen LogP) is 1.88. The van der Waals surface area contributed by atoms with Crippen LogP contribution in [0.4, 0.5) is 4.79 Å². The van der Waals surface area contributed by atoms with Crippen LogP contribution < -0.4 is 5.32 Å². The van der Waals surface area contributed by atoms with Crippen molar-refractivity contribution >= 4 is 12.0 Å². The number of benzene rings is 1. The van der Waals surface area contributed by atoms with Crippen molar-refractivity contribution in [2.75, 3.05) is 19.7 Å². The first-order valence-electron chi connectivity index (χ1n) is 7.98. The van der Waals surface area contributed by atoms with Gasteiger partial charge in [0.2, 0.25) is 0 Å². The molecule has 6 heteroatoms. The monoisotopic (exact) mass is 322 g/mol. The number of carbonyl (C=O) groups excluding carboxylic acids is 1. The highest BCUT2D eigenvalue weighted by molar-refractivity contribution is 5.74. The minimum absolute atomic E-state index is 0.0144. The maximum absolute atomic E-state index is 12.3. The number of carboxylic acids is 1. The van der Waals surface area contributed by atoms with Gasteiger partial charge >= 0.3 is 12.0 Å². The Balaban J connectivity index is 2.66. The smallest absolute Gasteiger partial charge is 0.317 e. The number of amides is 2. The number of aliphatic hydroxyl groups excluding tert-OH is 1. The zero-order valence-electron chi connectivity index (χ0n) is 13.6. The summed E-state index contributed by atoms with van der Waals surface area (Å²) in [6.07, 6.45) is 1.52. The second-order valence-electron chi connectivity index (χ2n) is 5.43. The van der Waals surface area contributed by atoms with Crippen LogP contribution in [-0.2, 0) is 11.2 Å². The molecule has 0 bridgehead atoms. The van der Waals surface area contributed by atoms with Crippen LogP contribution >= 0.6 is 0 Å². The fraction of sp³-hybridized carbons (Fsp3) is 0.529. The first-order chi connectivity index (χ1) is 11.1. The molecule has 23 heavy (non-hydrogen) atoms. The van der Waals surface area contributed by atoms with Gasteiger partial charge in [-0.05, 0) is 31.7 Å². The summed E-state index contributed by atoms with van der Waals surface area (Å²) >= 11 is 0. The first-order valence-corrected chi connectivity index (χ1v) is 7.98. The summed E-state index contributed by atoms with van der Waals surface area (Å²) in [5, 5.41) is 20.7. The minimum atomic E-state index is -0.870. The van der Waals surface area contributed by atoms with E-state index in [0.29, 0.717) is 32.4 Å². The zero-order valence-corrected chi connectivity index (χ0v) is 13.6. The Labute approximate surface area is 137 Å². The van der Waals surface area contributed by atoms with Crippen LogP contribution in [0.25, 0.3) is 0 Å². The van der Waals surface area contributed by atoms with E-state index < -0.39 is 5.97 Å². The molecule has 1 aromatic carbocycles. The molecule has 128 valence electrons. The van der Waals surface area contributed by atoms with Crippen LogP contribution in [0, 0.1) is 0 Å². The van der Waals surface area contributed by atoms with E-state index in [1.807, 2.05) is 37.3 Å². The van der Waals surface area contributed by atoms with Crippen LogP contribution in [-0.4, -0.2) is 52.9 Å². The highest BCUT2D eigenvalue weighted by Gasteiger charge is 2.18. The van der Waals surface area contributed by atoms with Crippen molar-refractivity contribution in [3.63, 3.8) is 0 Å². The number of carbonyl (C=O) groups is 2. The molecule has 0 radical (unpaired) electrons. The first kappa shape index (κ1) is 19.0. The molecule has 0 saturated carbocycles. The molecule has 6 nitrogen and oxygen atoms in total. The van der Waals surface area contributed by atoms with Gasteiger partial charge in [-0.2, -0.15) is 0 Å². The van der Waals surface area contributed by atoms with Gasteiger partial charge in [-0.1, -0.05) is 30.3 Å². The molecule has 0 saturated heterocycles. The fourth-order valence-electron chi connectivity index (χ4n) is 2.35. The van der Waals surface area contributed by atoms with Crippen molar-refractivity contribution in [1.29, 1.82) is 0 Å². The van der Waals surface area contributed by atoms with Gasteiger partial charge in [0.25, 0.3) is 0 Å². The number of hydrogen-bond donors (Lipinski definition) is 3. The number of nitrogens with one attached hydrogen (secondary N) is 1. The van der Waals surface area contributed by atoms with Crippen LogP contribution in [0.2, 0.25) is 0 Å². The topological polar surface area (TPSA) is 89.9 Å². The SMILES string of the molecule is CCN(CCCO)C(=O)NC(CCC(=O)O)Cc1ccccc1. The normalized spacial score (nSPS) is 11.7. The van der Waals surface area contributed by atoms with E-state index in [9.17, 15) is 9.59 Å². The molecular weight excluding hydrogens is 296 g/mol. The number of rotatable bonds is 10. The van der Waals surface area contributed by atoms with Gasteiger partial charge in [0.05, 0.1) is 0 Å². The maximum atomic E-state index is 12.3. The average Bonchev–Trinajstić information content (AvgIpc) is 2.54. The number of aliphatic hydroxyl groups is 1. The highest BCUT2D eigenvalue weighted by Crippen LogP contribution is 2.09. The molecule has 0 fully saturated rings. The molecule has 0 aliphatic rings. The van der Waals surface area contributed by atoms with E-state index in [2.05, 4.69) is 5.32 Å². The minimum Gasteiger partial charge on any atom is -0.481 e. The molecule has 2 amide bonds. The van der Waals surface area contributed by atoms with Crippen molar-refractivity contribution < 1.29 is 19.8 Å². The molecule has 1 unspecified atom stereocenters. The van der Waals surface area contributed by atoms with Gasteiger partial charge < -0.3 is 20.4 Å². The Morgan fingerprint density at radius 3 is 2.52 bits per heavy atom. The molecule has 1 atom stereocenters. The lowest BCUT2D eigenvalue weighted by atomic mass is 10.0. The Morgan fingerprint density at radius 1 is 1.26 bits per heavy atom. The molecule has 0 spiro atoms. The van der Waals surface area contributed by atoms with Crippen LogP contribution in [0.5, 0.6) is 0 Å². The van der Waals surface area contributed by atoms with E-state index >= 15 is 0 Å². The summed E-state index contributed by atoms with van der Waals surface area (Å²) in [5.41, 5.74) is 1.06.